The Morgan fingerprint density at radius 2 is 2.00 bits per heavy atom. The van der Waals surface area contributed by atoms with Gasteiger partial charge in [-0.3, -0.25) is 20.4 Å². The first-order chi connectivity index (χ1) is 12.1. The third kappa shape index (κ3) is 6.96. The summed E-state index contributed by atoms with van der Waals surface area (Å²) in [6.07, 6.45) is 4.93. The Hall–Kier alpha value is -1.72. The van der Waals surface area contributed by atoms with Crippen LogP contribution in [0.5, 0.6) is 0 Å². The fraction of sp³-hybridized carbons (Fsp3) is 0.600. The lowest BCUT2D eigenvalue weighted by molar-refractivity contribution is -0.122. The molecule has 0 saturated carbocycles. The van der Waals surface area contributed by atoms with Crippen LogP contribution in [0.25, 0.3) is 0 Å². The molecule has 0 radical (unpaired) electrons. The number of hydrogen-bond acceptors (Lipinski definition) is 4. The van der Waals surface area contributed by atoms with E-state index in [0.29, 0.717) is 12.5 Å². The van der Waals surface area contributed by atoms with Crippen molar-refractivity contribution < 1.29 is 4.79 Å². The first-order valence-electron chi connectivity index (χ1n) is 9.41. The number of nitrogens with one attached hydrogen (secondary N) is 3. The largest absolute Gasteiger partial charge is 0.356 e. The minimum absolute atomic E-state index is 0.0210. The maximum atomic E-state index is 12.3. The molecule has 0 aliphatic carbocycles. The maximum absolute atomic E-state index is 12.3. The molecule has 1 amide bonds. The van der Waals surface area contributed by atoms with Gasteiger partial charge >= 0.3 is 0 Å². The molecular formula is C20H32N4O. The Bertz CT molecular complexity index is 553. The summed E-state index contributed by atoms with van der Waals surface area (Å²) in [5.41, 5.74) is 2.40. The normalized spacial score (nSPS) is 18.3. The van der Waals surface area contributed by atoms with Gasteiger partial charge in [-0.1, -0.05) is 38.1 Å². The summed E-state index contributed by atoms with van der Waals surface area (Å²) in [5.74, 6) is 0.616. The smallest absolute Gasteiger partial charge is 0.227 e. The van der Waals surface area contributed by atoms with Crippen LogP contribution < -0.4 is 16.0 Å². The lowest BCUT2D eigenvalue weighted by atomic mass is 9.96. The Morgan fingerprint density at radius 3 is 2.64 bits per heavy atom. The van der Waals surface area contributed by atoms with Crippen molar-refractivity contribution in [2.45, 2.75) is 52.2 Å². The number of rotatable bonds is 9. The summed E-state index contributed by atoms with van der Waals surface area (Å²) in [4.78, 5) is 16.6. The van der Waals surface area contributed by atoms with Gasteiger partial charge in [0.15, 0.2) is 6.29 Å². The topological polar surface area (TPSA) is 65.5 Å². The van der Waals surface area contributed by atoms with Crippen LogP contribution in [0.15, 0.2) is 29.3 Å². The van der Waals surface area contributed by atoms with Crippen molar-refractivity contribution in [1.29, 1.82) is 0 Å². The van der Waals surface area contributed by atoms with E-state index in [4.69, 9.17) is 0 Å². The molecule has 25 heavy (non-hydrogen) atoms. The highest BCUT2D eigenvalue weighted by Crippen LogP contribution is 2.17. The molecule has 1 aliphatic heterocycles. The van der Waals surface area contributed by atoms with Gasteiger partial charge in [0.05, 0.1) is 5.92 Å². The van der Waals surface area contributed by atoms with Crippen LogP contribution in [0.2, 0.25) is 0 Å². The molecule has 5 nitrogen and oxygen atoms in total. The van der Waals surface area contributed by atoms with Gasteiger partial charge in [0.1, 0.15) is 0 Å². The quantitative estimate of drug-likeness (QED) is 0.603. The Morgan fingerprint density at radius 1 is 1.24 bits per heavy atom. The number of carbonyl (C=O) groups excluding carboxylic acids is 1. The first-order valence-corrected chi connectivity index (χ1v) is 9.41. The van der Waals surface area contributed by atoms with Crippen molar-refractivity contribution >= 4 is 12.1 Å². The molecule has 1 heterocycles. The monoisotopic (exact) mass is 344 g/mol. The average molecular weight is 345 g/mol. The summed E-state index contributed by atoms with van der Waals surface area (Å²) >= 11 is 0. The van der Waals surface area contributed by atoms with Crippen LogP contribution >= 0.6 is 0 Å². The molecule has 1 aromatic carbocycles. The Labute approximate surface area is 151 Å². The Kier molecular flexibility index (Phi) is 8.09. The highest BCUT2D eigenvalue weighted by molar-refractivity contribution is 5.83. The predicted octanol–water partition coefficient (Wildman–Crippen LogP) is 2.43. The number of nitrogens with zero attached hydrogens (tertiary/aromatic N) is 1. The second kappa shape index (κ2) is 10.3. The van der Waals surface area contributed by atoms with Crippen molar-refractivity contribution in [2.75, 3.05) is 19.6 Å². The fourth-order valence-corrected chi connectivity index (χ4v) is 2.90. The van der Waals surface area contributed by atoms with Crippen LogP contribution in [0.3, 0.4) is 0 Å². The number of benzene rings is 1. The van der Waals surface area contributed by atoms with Crippen molar-refractivity contribution in [3.05, 3.63) is 35.4 Å². The van der Waals surface area contributed by atoms with E-state index in [1.54, 1.807) is 0 Å². The number of hydrogen-bond donors (Lipinski definition) is 3. The van der Waals surface area contributed by atoms with E-state index in [1.165, 1.54) is 5.56 Å². The van der Waals surface area contributed by atoms with E-state index in [2.05, 4.69) is 59.1 Å². The standard InChI is InChI=1S/C20H32N4O/c1-15(2)14-17-6-8-18(9-7-17)16(3)19(25)21-10-4-11-22-20-23-12-5-13-24-20/h6-9,12,15-16,20,22,24H,4-5,10-11,13-14H2,1-3H3,(H,21,25)/t16?,20-/m0/s1. The lowest BCUT2D eigenvalue weighted by Crippen LogP contribution is -2.44. The molecule has 0 bridgehead atoms. The van der Waals surface area contributed by atoms with Crippen LogP contribution in [-0.4, -0.2) is 38.0 Å². The molecule has 0 spiro atoms. The molecule has 0 aromatic heterocycles. The highest BCUT2D eigenvalue weighted by atomic mass is 16.1. The van der Waals surface area contributed by atoms with E-state index in [0.717, 1.165) is 37.9 Å². The van der Waals surface area contributed by atoms with Gasteiger partial charge in [0.2, 0.25) is 5.91 Å². The van der Waals surface area contributed by atoms with Gasteiger partial charge in [-0.15, -0.1) is 0 Å². The summed E-state index contributed by atoms with van der Waals surface area (Å²) in [7, 11) is 0. The third-order valence-corrected chi connectivity index (χ3v) is 4.37. The summed E-state index contributed by atoms with van der Waals surface area (Å²) in [5, 5.41) is 9.62. The molecule has 138 valence electrons. The van der Waals surface area contributed by atoms with E-state index < -0.39 is 0 Å². The van der Waals surface area contributed by atoms with Crippen LogP contribution in [0.4, 0.5) is 0 Å². The van der Waals surface area contributed by atoms with Crippen molar-refractivity contribution in [2.24, 2.45) is 10.9 Å². The number of carbonyl (C=O) groups is 1. The van der Waals surface area contributed by atoms with E-state index in [-0.39, 0.29) is 18.1 Å². The van der Waals surface area contributed by atoms with E-state index >= 15 is 0 Å². The number of aliphatic imine (C=N–C) groups is 1. The Balaban J connectivity index is 1.67. The van der Waals surface area contributed by atoms with Gasteiger partial charge in [-0.25, -0.2) is 0 Å². The van der Waals surface area contributed by atoms with E-state index in [9.17, 15) is 4.79 Å². The minimum atomic E-state index is -0.120. The fourth-order valence-electron chi connectivity index (χ4n) is 2.90. The molecule has 5 heteroatoms. The van der Waals surface area contributed by atoms with E-state index in [1.807, 2.05) is 13.1 Å². The molecule has 3 N–H and O–H groups in total. The number of amides is 1. The van der Waals surface area contributed by atoms with Crippen molar-refractivity contribution in [1.82, 2.24) is 16.0 Å². The highest BCUT2D eigenvalue weighted by Gasteiger charge is 2.14. The van der Waals surface area contributed by atoms with Crippen LogP contribution in [0.1, 0.15) is 50.7 Å². The summed E-state index contributed by atoms with van der Waals surface area (Å²) in [6.45, 7) is 8.87. The molecule has 2 atom stereocenters. The second-order valence-electron chi connectivity index (χ2n) is 7.14. The molecule has 2 rings (SSSR count). The molecule has 0 saturated heterocycles. The molecule has 1 aliphatic rings. The lowest BCUT2D eigenvalue weighted by Gasteiger charge is -2.19. The molecule has 1 unspecified atom stereocenters. The van der Waals surface area contributed by atoms with Gasteiger partial charge < -0.3 is 5.32 Å². The van der Waals surface area contributed by atoms with Crippen molar-refractivity contribution in [3.63, 3.8) is 0 Å². The zero-order valence-corrected chi connectivity index (χ0v) is 15.7. The zero-order valence-electron chi connectivity index (χ0n) is 15.7. The molecule has 1 aromatic rings. The van der Waals surface area contributed by atoms with Crippen LogP contribution in [0, 0.1) is 5.92 Å². The minimum Gasteiger partial charge on any atom is -0.356 e. The first kappa shape index (κ1) is 19.6. The SMILES string of the molecule is CC(C)Cc1ccc(C(C)C(=O)NCCCN[C@H]2N=CCCN2)cc1. The van der Waals surface area contributed by atoms with Gasteiger partial charge in [-0.05, 0) is 49.8 Å². The van der Waals surface area contributed by atoms with Crippen molar-refractivity contribution in [3.8, 4) is 0 Å². The summed E-state index contributed by atoms with van der Waals surface area (Å²) < 4.78 is 0. The summed E-state index contributed by atoms with van der Waals surface area (Å²) in [6, 6.07) is 8.44. The maximum Gasteiger partial charge on any atom is 0.227 e. The zero-order chi connectivity index (χ0) is 18.1. The molecular weight excluding hydrogens is 312 g/mol. The molecule has 0 fully saturated rings. The van der Waals surface area contributed by atoms with Gasteiger partial charge in [-0.2, -0.15) is 0 Å². The van der Waals surface area contributed by atoms with Crippen LogP contribution in [-0.2, 0) is 11.2 Å². The average Bonchev–Trinajstić information content (AvgIpc) is 2.61. The second-order valence-corrected chi connectivity index (χ2v) is 7.14. The van der Waals surface area contributed by atoms with Gasteiger partial charge in [0.25, 0.3) is 0 Å². The predicted molar refractivity (Wildman–Crippen MR) is 104 cm³/mol. The third-order valence-electron chi connectivity index (χ3n) is 4.37. The van der Waals surface area contributed by atoms with Gasteiger partial charge in [0, 0.05) is 19.3 Å².